The molecule has 1 aromatic heterocycles. The minimum absolute atomic E-state index is 0.114. The maximum Gasteiger partial charge on any atom is 0.332 e. The van der Waals surface area contributed by atoms with E-state index in [4.69, 9.17) is 42.1 Å². The fourth-order valence-corrected chi connectivity index (χ4v) is 5.56. The Labute approximate surface area is 277 Å². The Bertz CT molecular complexity index is 1660. The number of benzene rings is 3. The third-order valence-corrected chi connectivity index (χ3v) is 8.29. The number of nitrogens with zero attached hydrogens (tertiary/aromatic N) is 5. The summed E-state index contributed by atoms with van der Waals surface area (Å²) < 4.78 is 21.6. The highest BCUT2D eigenvalue weighted by molar-refractivity contribution is 6.41. The second kappa shape index (κ2) is 14.6. The molecule has 1 fully saturated rings. The number of ether oxygens (including phenoxy) is 4. The SMILES string of the molecule is COc1ccc(Nc2cc(N(C(=O)Nc3c(Cl)c(OC)cc(OC)c3Cl)c3ccc(N4CCN(C)CC4)cc3)ncn2)c(OC)c1. The molecule has 1 saturated heterocycles. The van der Waals surface area contributed by atoms with Gasteiger partial charge in [-0.3, -0.25) is 0 Å². The van der Waals surface area contributed by atoms with Gasteiger partial charge in [-0.25, -0.2) is 19.7 Å². The highest BCUT2D eigenvalue weighted by atomic mass is 35.5. The predicted molar refractivity (Wildman–Crippen MR) is 182 cm³/mol. The lowest BCUT2D eigenvalue weighted by atomic mass is 10.2. The molecule has 1 aliphatic rings. The topological polar surface area (TPSA) is 114 Å². The van der Waals surface area contributed by atoms with E-state index in [1.165, 1.54) is 25.4 Å². The average Bonchev–Trinajstić information content (AvgIpc) is 3.08. The zero-order valence-corrected chi connectivity index (χ0v) is 27.6. The zero-order valence-electron chi connectivity index (χ0n) is 26.1. The molecule has 2 N–H and O–H groups in total. The smallest absolute Gasteiger partial charge is 0.332 e. The lowest BCUT2D eigenvalue weighted by Crippen LogP contribution is -2.44. The van der Waals surface area contributed by atoms with Crippen LogP contribution in [0.1, 0.15) is 0 Å². The summed E-state index contributed by atoms with van der Waals surface area (Å²) in [5, 5.41) is 6.31. The van der Waals surface area contributed by atoms with Crippen molar-refractivity contribution < 1.29 is 23.7 Å². The number of urea groups is 1. The van der Waals surface area contributed by atoms with Crippen molar-refractivity contribution in [2.75, 3.05) is 82.1 Å². The molecule has 14 heteroatoms. The van der Waals surface area contributed by atoms with Gasteiger partial charge in [0.25, 0.3) is 0 Å². The third-order valence-electron chi connectivity index (χ3n) is 7.54. The predicted octanol–water partition coefficient (Wildman–Crippen LogP) is 6.68. The van der Waals surface area contributed by atoms with Gasteiger partial charge in [0.15, 0.2) is 0 Å². The number of hydrogen-bond acceptors (Lipinski definition) is 10. The van der Waals surface area contributed by atoms with Gasteiger partial charge >= 0.3 is 6.03 Å². The fourth-order valence-electron chi connectivity index (χ4n) is 4.97. The number of piperazine rings is 1. The van der Waals surface area contributed by atoms with Crippen LogP contribution in [0.5, 0.6) is 23.0 Å². The molecule has 0 aliphatic carbocycles. The quantitative estimate of drug-likeness (QED) is 0.190. The molecule has 2 heterocycles. The number of rotatable bonds is 10. The number of methoxy groups -OCH3 is 4. The molecular weight excluding hydrogens is 633 g/mol. The largest absolute Gasteiger partial charge is 0.497 e. The molecule has 0 bridgehead atoms. The Morgan fingerprint density at radius 3 is 2.07 bits per heavy atom. The van der Waals surface area contributed by atoms with Crippen LogP contribution in [-0.4, -0.2) is 82.6 Å². The second-order valence-corrected chi connectivity index (χ2v) is 11.1. The lowest BCUT2D eigenvalue weighted by Gasteiger charge is -2.34. The molecule has 12 nitrogen and oxygen atoms in total. The van der Waals surface area contributed by atoms with Crippen LogP contribution in [0.15, 0.2) is 60.9 Å². The summed E-state index contributed by atoms with van der Waals surface area (Å²) in [4.78, 5) is 29.0. The van der Waals surface area contributed by atoms with Crippen LogP contribution in [0, 0.1) is 0 Å². The first-order valence-electron chi connectivity index (χ1n) is 14.3. The Kier molecular flexibility index (Phi) is 10.4. The van der Waals surface area contributed by atoms with Gasteiger partial charge < -0.3 is 39.4 Å². The van der Waals surface area contributed by atoms with E-state index in [1.807, 2.05) is 24.3 Å². The van der Waals surface area contributed by atoms with E-state index in [1.54, 1.807) is 44.6 Å². The van der Waals surface area contributed by atoms with E-state index >= 15 is 0 Å². The monoisotopic (exact) mass is 667 g/mol. The molecule has 2 amide bonds. The Morgan fingerprint density at radius 2 is 1.46 bits per heavy atom. The highest BCUT2D eigenvalue weighted by Gasteiger charge is 2.26. The van der Waals surface area contributed by atoms with Crippen molar-refractivity contribution in [2.45, 2.75) is 0 Å². The van der Waals surface area contributed by atoms with Crippen molar-refractivity contribution >= 4 is 63.6 Å². The van der Waals surface area contributed by atoms with Crippen molar-refractivity contribution in [3.05, 3.63) is 71.0 Å². The van der Waals surface area contributed by atoms with Gasteiger partial charge in [-0.15, -0.1) is 0 Å². The molecule has 1 aliphatic heterocycles. The van der Waals surface area contributed by atoms with Crippen LogP contribution >= 0.6 is 23.2 Å². The minimum atomic E-state index is -0.585. The number of nitrogens with one attached hydrogen (secondary N) is 2. The number of amides is 2. The van der Waals surface area contributed by atoms with Crippen LogP contribution < -0.4 is 39.4 Å². The average molecular weight is 669 g/mol. The third kappa shape index (κ3) is 7.09. The number of hydrogen-bond donors (Lipinski definition) is 2. The standard InChI is InChI=1S/C32H35Cl2N7O5/c1-39-12-14-40(15-13-39)20-6-8-21(9-7-20)41(32(42)38-31-29(33)25(45-4)17-26(46-5)30(31)34)28-18-27(35-19-36-28)37-23-11-10-22(43-2)16-24(23)44-3/h6-11,16-19H,12-15H2,1-5H3,(H,38,42)(H,35,36,37). The Hall–Kier alpha value is -4.65. The summed E-state index contributed by atoms with van der Waals surface area (Å²) >= 11 is 13.2. The molecule has 0 unspecified atom stereocenters. The van der Waals surface area contributed by atoms with Crippen LogP contribution in [0.4, 0.5) is 39.2 Å². The van der Waals surface area contributed by atoms with Crippen LogP contribution in [-0.2, 0) is 0 Å². The van der Waals surface area contributed by atoms with Gasteiger partial charge in [-0.2, -0.15) is 0 Å². The minimum Gasteiger partial charge on any atom is -0.497 e. The first-order valence-corrected chi connectivity index (χ1v) is 15.1. The normalized spacial score (nSPS) is 13.2. The van der Waals surface area contributed by atoms with Crippen LogP contribution in [0.2, 0.25) is 10.0 Å². The molecule has 5 rings (SSSR count). The van der Waals surface area contributed by atoms with Crippen molar-refractivity contribution in [3.8, 4) is 23.0 Å². The summed E-state index contributed by atoms with van der Waals surface area (Å²) in [6, 6.07) is 15.7. The summed E-state index contributed by atoms with van der Waals surface area (Å²) in [7, 11) is 8.18. The van der Waals surface area contributed by atoms with Gasteiger partial charge in [-0.1, -0.05) is 23.2 Å². The summed E-state index contributed by atoms with van der Waals surface area (Å²) in [5.74, 6) is 2.44. The summed E-state index contributed by atoms with van der Waals surface area (Å²) in [6.07, 6.45) is 1.36. The van der Waals surface area contributed by atoms with Gasteiger partial charge in [0.1, 0.15) is 51.0 Å². The molecular formula is C32H35Cl2N7O5. The number of aromatic nitrogens is 2. The molecule has 0 radical (unpaired) electrons. The molecule has 242 valence electrons. The van der Waals surface area contributed by atoms with Crippen LogP contribution in [0.3, 0.4) is 0 Å². The van der Waals surface area contributed by atoms with Crippen LogP contribution in [0.25, 0.3) is 0 Å². The van der Waals surface area contributed by atoms with E-state index in [0.717, 1.165) is 31.9 Å². The lowest BCUT2D eigenvalue weighted by molar-refractivity contribution is 0.259. The van der Waals surface area contributed by atoms with E-state index in [9.17, 15) is 4.79 Å². The number of halogens is 2. The first-order chi connectivity index (χ1) is 22.3. The van der Waals surface area contributed by atoms with Crippen molar-refractivity contribution in [2.24, 2.45) is 0 Å². The Morgan fingerprint density at radius 1 is 0.804 bits per heavy atom. The van der Waals surface area contributed by atoms with Crippen molar-refractivity contribution in [1.29, 1.82) is 0 Å². The number of carbonyl (C=O) groups excluding carboxylic acids is 1. The highest BCUT2D eigenvalue weighted by Crippen LogP contribution is 2.44. The van der Waals surface area contributed by atoms with Gasteiger partial charge in [0.2, 0.25) is 0 Å². The maximum absolute atomic E-state index is 14.2. The maximum atomic E-state index is 14.2. The van der Waals surface area contributed by atoms with E-state index in [2.05, 4.69) is 37.4 Å². The number of anilines is 6. The van der Waals surface area contributed by atoms with Gasteiger partial charge in [-0.05, 0) is 43.4 Å². The first kappa shape index (κ1) is 32.7. The number of likely N-dealkylation sites (N-methyl/N-ethyl adjacent to an activating group) is 1. The van der Waals surface area contributed by atoms with Gasteiger partial charge in [0, 0.05) is 50.1 Å². The molecule has 0 spiro atoms. The summed E-state index contributed by atoms with van der Waals surface area (Å²) in [6.45, 7) is 3.75. The fraction of sp³-hybridized carbons (Fsp3) is 0.281. The van der Waals surface area contributed by atoms with E-state index in [0.29, 0.717) is 28.7 Å². The van der Waals surface area contributed by atoms with E-state index in [-0.39, 0.29) is 33.0 Å². The van der Waals surface area contributed by atoms with Crippen molar-refractivity contribution in [3.63, 3.8) is 0 Å². The van der Waals surface area contributed by atoms with Crippen molar-refractivity contribution in [1.82, 2.24) is 14.9 Å². The van der Waals surface area contributed by atoms with Gasteiger partial charge in [0.05, 0.1) is 45.5 Å². The molecule has 0 atom stereocenters. The number of carbonyl (C=O) groups is 1. The molecule has 3 aromatic carbocycles. The molecule has 0 saturated carbocycles. The second-order valence-electron chi connectivity index (χ2n) is 10.3. The zero-order chi connectivity index (χ0) is 32.8. The summed E-state index contributed by atoms with van der Waals surface area (Å²) in [5.41, 5.74) is 2.36. The Balaban J connectivity index is 1.52. The van der Waals surface area contributed by atoms with E-state index < -0.39 is 6.03 Å². The molecule has 46 heavy (non-hydrogen) atoms. The molecule has 4 aromatic rings.